The lowest BCUT2D eigenvalue weighted by molar-refractivity contribution is 0.101. The van der Waals surface area contributed by atoms with Crippen LogP contribution in [-0.4, -0.2) is 53.4 Å². The van der Waals surface area contributed by atoms with Crippen LogP contribution >= 0.6 is 0 Å². The molecule has 1 aromatic carbocycles. The zero-order valence-corrected chi connectivity index (χ0v) is 12.0. The molecule has 0 bridgehead atoms. The maximum Gasteiger partial charge on any atom is 0.163 e. The molecule has 0 spiro atoms. The lowest BCUT2D eigenvalue weighted by Gasteiger charge is -2.34. The Hall–Kier alpha value is -1.46. The molecule has 0 amide bonds. The predicted octanol–water partition coefficient (Wildman–Crippen LogP) is 1.87. The van der Waals surface area contributed by atoms with E-state index in [0.717, 1.165) is 38.8 Å². The second-order valence-electron chi connectivity index (χ2n) is 5.23. The van der Waals surface area contributed by atoms with Gasteiger partial charge in [-0.3, -0.25) is 9.69 Å². The standard InChI is InChI=1S/C15H21FN2O2/c1-3-17-4-6-18(7-5-17)10-12-8-13(16)9-14(11(2)19)15(12)20/h8-9,20H,3-7,10H2,1-2H3. The van der Waals surface area contributed by atoms with Gasteiger partial charge in [-0.2, -0.15) is 0 Å². The van der Waals surface area contributed by atoms with Crippen molar-refractivity contribution >= 4 is 5.78 Å². The Bertz CT molecular complexity index is 497. The molecule has 0 unspecified atom stereocenters. The molecule has 0 aliphatic carbocycles. The van der Waals surface area contributed by atoms with Gasteiger partial charge in [0.25, 0.3) is 0 Å². The zero-order valence-electron chi connectivity index (χ0n) is 12.0. The topological polar surface area (TPSA) is 43.8 Å². The first-order chi connectivity index (χ1) is 9.51. The van der Waals surface area contributed by atoms with Crippen LogP contribution in [0.5, 0.6) is 5.75 Å². The molecule has 1 N–H and O–H groups in total. The molecule has 110 valence electrons. The number of ketones is 1. The van der Waals surface area contributed by atoms with Gasteiger partial charge in [-0.05, 0) is 25.6 Å². The van der Waals surface area contributed by atoms with E-state index in [9.17, 15) is 14.3 Å². The smallest absolute Gasteiger partial charge is 0.163 e. The highest BCUT2D eigenvalue weighted by atomic mass is 19.1. The van der Waals surface area contributed by atoms with E-state index >= 15 is 0 Å². The lowest BCUT2D eigenvalue weighted by atomic mass is 10.0. The van der Waals surface area contributed by atoms with Gasteiger partial charge in [0.2, 0.25) is 0 Å². The molecule has 4 nitrogen and oxygen atoms in total. The summed E-state index contributed by atoms with van der Waals surface area (Å²) in [5, 5.41) is 10.1. The van der Waals surface area contributed by atoms with Gasteiger partial charge < -0.3 is 10.0 Å². The van der Waals surface area contributed by atoms with Crippen molar-refractivity contribution in [3.63, 3.8) is 0 Å². The molecule has 1 aromatic rings. The van der Waals surface area contributed by atoms with Gasteiger partial charge in [0.15, 0.2) is 5.78 Å². The van der Waals surface area contributed by atoms with Crippen LogP contribution in [0.1, 0.15) is 29.8 Å². The van der Waals surface area contributed by atoms with Crippen molar-refractivity contribution in [1.82, 2.24) is 9.80 Å². The third-order valence-corrected chi connectivity index (χ3v) is 3.84. The van der Waals surface area contributed by atoms with E-state index in [2.05, 4.69) is 16.7 Å². The van der Waals surface area contributed by atoms with Gasteiger partial charge in [0, 0.05) is 38.3 Å². The average molecular weight is 280 g/mol. The summed E-state index contributed by atoms with van der Waals surface area (Å²) in [6, 6.07) is 2.41. The van der Waals surface area contributed by atoms with Crippen LogP contribution in [0.25, 0.3) is 0 Å². The van der Waals surface area contributed by atoms with E-state index in [0.29, 0.717) is 12.1 Å². The molecular formula is C15H21FN2O2. The highest BCUT2D eigenvalue weighted by molar-refractivity contribution is 5.97. The normalized spacial score (nSPS) is 17.4. The molecule has 0 atom stereocenters. The third-order valence-electron chi connectivity index (χ3n) is 3.84. The van der Waals surface area contributed by atoms with Gasteiger partial charge in [0.1, 0.15) is 11.6 Å². The second-order valence-corrected chi connectivity index (χ2v) is 5.23. The first kappa shape index (κ1) is 14.9. The maximum absolute atomic E-state index is 13.5. The Balaban J connectivity index is 2.12. The van der Waals surface area contributed by atoms with Gasteiger partial charge in [0.05, 0.1) is 5.56 Å². The first-order valence-corrected chi connectivity index (χ1v) is 6.98. The molecule has 2 rings (SSSR count). The highest BCUT2D eigenvalue weighted by Crippen LogP contribution is 2.26. The largest absolute Gasteiger partial charge is 0.507 e. The van der Waals surface area contributed by atoms with Crippen LogP contribution in [0.15, 0.2) is 12.1 Å². The molecule has 0 radical (unpaired) electrons. The number of halogens is 1. The SMILES string of the molecule is CCN1CCN(Cc2cc(F)cc(C(C)=O)c2O)CC1. The Morgan fingerprint density at radius 2 is 1.85 bits per heavy atom. The molecule has 0 saturated carbocycles. The number of hydrogen-bond acceptors (Lipinski definition) is 4. The number of benzene rings is 1. The Kier molecular flexibility index (Phi) is 4.73. The van der Waals surface area contributed by atoms with E-state index in [-0.39, 0.29) is 17.1 Å². The van der Waals surface area contributed by atoms with Crippen molar-refractivity contribution in [1.29, 1.82) is 0 Å². The number of Topliss-reactive ketones (excluding diaryl/α,β-unsaturated/α-hetero) is 1. The molecule has 1 fully saturated rings. The van der Waals surface area contributed by atoms with Crippen molar-refractivity contribution in [2.24, 2.45) is 0 Å². The number of carbonyl (C=O) groups is 1. The van der Waals surface area contributed by atoms with Crippen LogP contribution < -0.4 is 0 Å². The van der Waals surface area contributed by atoms with E-state index in [1.807, 2.05) is 0 Å². The highest BCUT2D eigenvalue weighted by Gasteiger charge is 2.19. The molecule has 1 heterocycles. The molecule has 0 aromatic heterocycles. The summed E-state index contributed by atoms with van der Waals surface area (Å²) in [6.07, 6.45) is 0. The molecule has 1 aliphatic heterocycles. The number of carbonyl (C=O) groups excluding carboxylic acids is 1. The van der Waals surface area contributed by atoms with Gasteiger partial charge in [-0.1, -0.05) is 6.92 Å². The van der Waals surface area contributed by atoms with Crippen molar-refractivity contribution in [2.45, 2.75) is 20.4 Å². The number of hydrogen-bond donors (Lipinski definition) is 1. The predicted molar refractivity (Wildman–Crippen MR) is 75.5 cm³/mol. The summed E-state index contributed by atoms with van der Waals surface area (Å²) >= 11 is 0. The van der Waals surface area contributed by atoms with Crippen LogP contribution in [0.2, 0.25) is 0 Å². The van der Waals surface area contributed by atoms with Crippen molar-refractivity contribution in [3.05, 3.63) is 29.1 Å². The van der Waals surface area contributed by atoms with E-state index < -0.39 is 5.82 Å². The van der Waals surface area contributed by atoms with E-state index in [1.165, 1.54) is 13.0 Å². The minimum absolute atomic E-state index is 0.0622. The fourth-order valence-corrected chi connectivity index (χ4v) is 2.55. The van der Waals surface area contributed by atoms with Crippen molar-refractivity contribution in [3.8, 4) is 5.75 Å². The van der Waals surface area contributed by atoms with Crippen molar-refractivity contribution in [2.75, 3.05) is 32.7 Å². The Labute approximate surface area is 118 Å². The van der Waals surface area contributed by atoms with Crippen molar-refractivity contribution < 1.29 is 14.3 Å². The first-order valence-electron chi connectivity index (χ1n) is 6.98. The summed E-state index contributed by atoms with van der Waals surface area (Å²) in [7, 11) is 0. The number of rotatable bonds is 4. The van der Waals surface area contributed by atoms with E-state index in [4.69, 9.17) is 0 Å². The number of phenols is 1. The quantitative estimate of drug-likeness (QED) is 0.855. The van der Waals surface area contributed by atoms with Crippen LogP contribution in [-0.2, 0) is 6.54 Å². The fourth-order valence-electron chi connectivity index (χ4n) is 2.55. The van der Waals surface area contributed by atoms with Crippen LogP contribution in [0, 0.1) is 5.82 Å². The molecule has 20 heavy (non-hydrogen) atoms. The third kappa shape index (κ3) is 3.35. The van der Waals surface area contributed by atoms with Crippen LogP contribution in [0.3, 0.4) is 0 Å². The summed E-state index contributed by atoms with van der Waals surface area (Å²) < 4.78 is 13.5. The number of aromatic hydroxyl groups is 1. The Morgan fingerprint density at radius 3 is 2.40 bits per heavy atom. The van der Waals surface area contributed by atoms with Gasteiger partial charge >= 0.3 is 0 Å². The monoisotopic (exact) mass is 280 g/mol. The summed E-state index contributed by atoms with van der Waals surface area (Å²) in [4.78, 5) is 15.9. The number of piperazine rings is 1. The molecule has 1 saturated heterocycles. The number of nitrogens with zero attached hydrogens (tertiary/aromatic N) is 2. The number of phenolic OH excluding ortho intramolecular Hbond substituents is 1. The molecule has 5 heteroatoms. The molecule has 1 aliphatic rings. The summed E-state index contributed by atoms with van der Waals surface area (Å²) in [5.41, 5.74) is 0.548. The minimum atomic E-state index is -0.477. The zero-order chi connectivity index (χ0) is 14.7. The number of likely N-dealkylation sites (N-methyl/N-ethyl adjacent to an activating group) is 1. The molecular weight excluding hydrogens is 259 g/mol. The fraction of sp³-hybridized carbons (Fsp3) is 0.533. The lowest BCUT2D eigenvalue weighted by Crippen LogP contribution is -2.45. The van der Waals surface area contributed by atoms with E-state index in [1.54, 1.807) is 0 Å². The second kappa shape index (κ2) is 6.33. The average Bonchev–Trinajstić information content (AvgIpc) is 2.43. The van der Waals surface area contributed by atoms with Gasteiger partial charge in [-0.15, -0.1) is 0 Å². The maximum atomic E-state index is 13.5. The summed E-state index contributed by atoms with van der Waals surface area (Å²) in [6.45, 7) is 8.71. The minimum Gasteiger partial charge on any atom is -0.507 e. The Morgan fingerprint density at radius 1 is 1.25 bits per heavy atom. The van der Waals surface area contributed by atoms with Crippen LogP contribution in [0.4, 0.5) is 4.39 Å². The van der Waals surface area contributed by atoms with Gasteiger partial charge in [-0.25, -0.2) is 4.39 Å². The summed E-state index contributed by atoms with van der Waals surface area (Å²) in [5.74, 6) is -0.883.